The van der Waals surface area contributed by atoms with Gasteiger partial charge in [0, 0.05) is 24.5 Å². The Bertz CT molecular complexity index is 625. The highest BCUT2D eigenvalue weighted by Crippen LogP contribution is 2.18. The summed E-state index contributed by atoms with van der Waals surface area (Å²) in [6.07, 6.45) is 1.25. The first-order valence-electron chi connectivity index (χ1n) is 7.20. The highest BCUT2D eigenvalue weighted by molar-refractivity contribution is 9.10. The molecule has 1 amide bonds. The first-order chi connectivity index (χ1) is 10.6. The molecule has 116 valence electrons. The predicted molar refractivity (Wildman–Crippen MR) is 91.9 cm³/mol. The standard InChI is InChI=1S/C18H20BrNO2/c1-20(13-15-5-3-4-6-17(15)19)18(21)12-9-14-7-10-16(22-2)11-8-14/h3-8,10-11H,9,12-13H2,1-2H3. The summed E-state index contributed by atoms with van der Waals surface area (Å²) in [6.45, 7) is 0.614. The number of hydrogen-bond acceptors (Lipinski definition) is 2. The molecule has 0 aliphatic carbocycles. The van der Waals surface area contributed by atoms with E-state index in [0.29, 0.717) is 13.0 Å². The van der Waals surface area contributed by atoms with Crippen LogP contribution in [0.5, 0.6) is 5.75 Å². The third-order valence-electron chi connectivity index (χ3n) is 3.58. The minimum absolute atomic E-state index is 0.145. The largest absolute Gasteiger partial charge is 0.497 e. The van der Waals surface area contributed by atoms with Gasteiger partial charge in [-0.1, -0.05) is 46.3 Å². The van der Waals surface area contributed by atoms with Gasteiger partial charge in [-0.15, -0.1) is 0 Å². The molecule has 0 bridgehead atoms. The fraction of sp³-hybridized carbons (Fsp3) is 0.278. The number of carbonyl (C=O) groups is 1. The van der Waals surface area contributed by atoms with E-state index in [0.717, 1.165) is 27.8 Å². The monoisotopic (exact) mass is 361 g/mol. The third kappa shape index (κ3) is 4.60. The number of methoxy groups -OCH3 is 1. The van der Waals surface area contributed by atoms with Crippen LogP contribution < -0.4 is 4.74 Å². The van der Waals surface area contributed by atoms with E-state index in [1.165, 1.54) is 0 Å². The van der Waals surface area contributed by atoms with Crippen molar-refractivity contribution in [2.45, 2.75) is 19.4 Å². The summed E-state index contributed by atoms with van der Waals surface area (Å²) in [7, 11) is 3.49. The lowest BCUT2D eigenvalue weighted by molar-refractivity contribution is -0.130. The Balaban J connectivity index is 1.87. The van der Waals surface area contributed by atoms with E-state index < -0.39 is 0 Å². The SMILES string of the molecule is COc1ccc(CCC(=O)N(C)Cc2ccccc2Br)cc1. The highest BCUT2D eigenvalue weighted by Gasteiger charge is 2.11. The zero-order valence-corrected chi connectivity index (χ0v) is 14.5. The first-order valence-corrected chi connectivity index (χ1v) is 7.99. The van der Waals surface area contributed by atoms with Crippen LogP contribution in [0, 0.1) is 0 Å². The van der Waals surface area contributed by atoms with E-state index in [1.54, 1.807) is 12.0 Å². The molecule has 0 fully saturated rings. The van der Waals surface area contributed by atoms with E-state index in [-0.39, 0.29) is 5.91 Å². The number of nitrogens with zero attached hydrogens (tertiary/aromatic N) is 1. The van der Waals surface area contributed by atoms with Crippen LogP contribution in [0.1, 0.15) is 17.5 Å². The Kier molecular flexibility index (Phi) is 6.01. The van der Waals surface area contributed by atoms with Crippen LogP contribution in [0.2, 0.25) is 0 Å². The molecule has 2 aromatic rings. The van der Waals surface area contributed by atoms with Crippen molar-refractivity contribution in [1.82, 2.24) is 4.90 Å². The Morgan fingerprint density at radius 3 is 2.45 bits per heavy atom. The van der Waals surface area contributed by atoms with Crippen molar-refractivity contribution in [2.24, 2.45) is 0 Å². The van der Waals surface area contributed by atoms with Crippen molar-refractivity contribution in [1.29, 1.82) is 0 Å². The van der Waals surface area contributed by atoms with Crippen LogP contribution in [-0.4, -0.2) is 25.0 Å². The van der Waals surface area contributed by atoms with E-state index >= 15 is 0 Å². The third-order valence-corrected chi connectivity index (χ3v) is 4.35. The smallest absolute Gasteiger partial charge is 0.222 e. The Labute approximate surface area is 140 Å². The average Bonchev–Trinajstić information content (AvgIpc) is 2.55. The maximum absolute atomic E-state index is 12.2. The molecule has 0 aromatic heterocycles. The molecule has 0 spiro atoms. The topological polar surface area (TPSA) is 29.5 Å². The Hall–Kier alpha value is -1.81. The predicted octanol–water partition coefficient (Wildman–Crippen LogP) is 4.05. The van der Waals surface area contributed by atoms with Gasteiger partial charge in [-0.05, 0) is 35.7 Å². The average molecular weight is 362 g/mol. The number of aryl methyl sites for hydroxylation is 1. The van der Waals surface area contributed by atoms with Gasteiger partial charge < -0.3 is 9.64 Å². The van der Waals surface area contributed by atoms with Crippen molar-refractivity contribution in [2.75, 3.05) is 14.2 Å². The molecule has 0 aliphatic heterocycles. The number of carbonyl (C=O) groups excluding carboxylic acids is 1. The van der Waals surface area contributed by atoms with Crippen molar-refractivity contribution in [3.8, 4) is 5.75 Å². The van der Waals surface area contributed by atoms with Crippen LogP contribution in [0.15, 0.2) is 53.0 Å². The second-order valence-corrected chi connectivity index (χ2v) is 6.04. The van der Waals surface area contributed by atoms with Crippen molar-refractivity contribution >= 4 is 21.8 Å². The molecule has 0 atom stereocenters. The van der Waals surface area contributed by atoms with Gasteiger partial charge >= 0.3 is 0 Å². The molecule has 0 radical (unpaired) electrons. The number of amides is 1. The highest BCUT2D eigenvalue weighted by atomic mass is 79.9. The summed E-state index contributed by atoms with van der Waals surface area (Å²) in [5.74, 6) is 0.979. The summed E-state index contributed by atoms with van der Waals surface area (Å²) >= 11 is 3.51. The zero-order chi connectivity index (χ0) is 15.9. The number of hydrogen-bond donors (Lipinski definition) is 0. The molecule has 3 nitrogen and oxygen atoms in total. The van der Waals surface area contributed by atoms with Crippen LogP contribution >= 0.6 is 15.9 Å². The van der Waals surface area contributed by atoms with Crippen LogP contribution in [-0.2, 0) is 17.8 Å². The number of benzene rings is 2. The van der Waals surface area contributed by atoms with Crippen LogP contribution in [0.3, 0.4) is 0 Å². The van der Waals surface area contributed by atoms with Gasteiger partial charge in [-0.3, -0.25) is 4.79 Å². The Morgan fingerprint density at radius 1 is 1.14 bits per heavy atom. The molecule has 22 heavy (non-hydrogen) atoms. The molecule has 2 aromatic carbocycles. The molecule has 2 rings (SSSR count). The number of halogens is 1. The van der Waals surface area contributed by atoms with Crippen molar-refractivity contribution in [3.05, 3.63) is 64.1 Å². The molecule has 0 saturated carbocycles. The lowest BCUT2D eigenvalue weighted by atomic mass is 10.1. The van der Waals surface area contributed by atoms with E-state index in [9.17, 15) is 4.79 Å². The van der Waals surface area contributed by atoms with Gasteiger partial charge in [0.25, 0.3) is 0 Å². The molecule has 0 saturated heterocycles. The normalized spacial score (nSPS) is 10.3. The zero-order valence-electron chi connectivity index (χ0n) is 12.9. The van der Waals surface area contributed by atoms with Gasteiger partial charge in [-0.2, -0.15) is 0 Å². The summed E-state index contributed by atoms with van der Waals surface area (Å²) in [5.41, 5.74) is 2.26. The molecule has 0 heterocycles. The Morgan fingerprint density at radius 2 is 1.82 bits per heavy atom. The second-order valence-electron chi connectivity index (χ2n) is 5.19. The molecule has 0 N–H and O–H groups in total. The quantitative estimate of drug-likeness (QED) is 0.776. The maximum Gasteiger partial charge on any atom is 0.222 e. The minimum atomic E-state index is 0.145. The maximum atomic E-state index is 12.2. The molecule has 4 heteroatoms. The van der Waals surface area contributed by atoms with E-state index in [2.05, 4.69) is 15.9 Å². The summed E-state index contributed by atoms with van der Waals surface area (Å²) in [5, 5.41) is 0. The van der Waals surface area contributed by atoms with Crippen LogP contribution in [0.25, 0.3) is 0 Å². The molecule has 0 unspecified atom stereocenters. The first kappa shape index (κ1) is 16.6. The fourth-order valence-corrected chi connectivity index (χ4v) is 2.61. The van der Waals surface area contributed by atoms with Gasteiger partial charge in [-0.25, -0.2) is 0 Å². The van der Waals surface area contributed by atoms with E-state index in [1.807, 2.05) is 55.6 Å². The van der Waals surface area contributed by atoms with Crippen molar-refractivity contribution < 1.29 is 9.53 Å². The lowest BCUT2D eigenvalue weighted by Gasteiger charge is -2.18. The fourth-order valence-electron chi connectivity index (χ4n) is 2.20. The molecule has 0 aliphatic rings. The van der Waals surface area contributed by atoms with Gasteiger partial charge in [0.05, 0.1) is 7.11 Å². The van der Waals surface area contributed by atoms with Crippen LogP contribution in [0.4, 0.5) is 0 Å². The molecular formula is C18H20BrNO2. The lowest BCUT2D eigenvalue weighted by Crippen LogP contribution is -2.26. The van der Waals surface area contributed by atoms with Crippen molar-refractivity contribution in [3.63, 3.8) is 0 Å². The van der Waals surface area contributed by atoms with Gasteiger partial charge in [0.15, 0.2) is 0 Å². The summed E-state index contributed by atoms with van der Waals surface area (Å²) < 4.78 is 6.16. The van der Waals surface area contributed by atoms with Gasteiger partial charge in [0.1, 0.15) is 5.75 Å². The second kappa shape index (κ2) is 7.99. The minimum Gasteiger partial charge on any atom is -0.497 e. The van der Waals surface area contributed by atoms with Gasteiger partial charge in [0.2, 0.25) is 5.91 Å². The molecular weight excluding hydrogens is 342 g/mol. The summed E-state index contributed by atoms with van der Waals surface area (Å²) in [4.78, 5) is 14.0. The number of rotatable bonds is 6. The summed E-state index contributed by atoms with van der Waals surface area (Å²) in [6, 6.07) is 15.8. The van der Waals surface area contributed by atoms with E-state index in [4.69, 9.17) is 4.74 Å². The number of ether oxygens (including phenoxy) is 1.